The number of halogens is 1. The van der Waals surface area contributed by atoms with Crippen molar-refractivity contribution in [3.05, 3.63) is 50.7 Å². The van der Waals surface area contributed by atoms with E-state index < -0.39 is 0 Å². The Labute approximate surface area is 169 Å². The van der Waals surface area contributed by atoms with Crippen LogP contribution in [0.3, 0.4) is 0 Å². The monoisotopic (exact) mass is 408 g/mol. The van der Waals surface area contributed by atoms with Crippen LogP contribution < -0.4 is 4.74 Å². The molecule has 1 heterocycles. The number of hydrogen-bond acceptors (Lipinski definition) is 5. The van der Waals surface area contributed by atoms with E-state index in [4.69, 9.17) is 21.4 Å². The second kappa shape index (κ2) is 11.2. The molecule has 27 heavy (non-hydrogen) atoms. The van der Waals surface area contributed by atoms with E-state index in [-0.39, 0.29) is 6.61 Å². The number of rotatable bonds is 7. The van der Waals surface area contributed by atoms with Gasteiger partial charge in [-0.05, 0) is 48.7 Å². The summed E-state index contributed by atoms with van der Waals surface area (Å²) in [5.41, 5.74) is 0.731. The van der Waals surface area contributed by atoms with Crippen LogP contribution in [0.25, 0.3) is 0 Å². The SMILES string of the molecule is CCCc1ccc(C=O)s1.O=C1CCC(COc2cc(Cl)cc(CO)c2)C1. The molecule has 1 aromatic heterocycles. The molecule has 1 aliphatic carbocycles. The number of hydrogen-bond donors (Lipinski definition) is 1. The van der Waals surface area contributed by atoms with Gasteiger partial charge in [-0.15, -0.1) is 11.3 Å². The highest BCUT2D eigenvalue weighted by Gasteiger charge is 2.22. The molecule has 0 bridgehead atoms. The fourth-order valence-electron chi connectivity index (χ4n) is 2.88. The van der Waals surface area contributed by atoms with E-state index in [9.17, 15) is 9.59 Å². The van der Waals surface area contributed by atoms with Gasteiger partial charge in [-0.1, -0.05) is 24.9 Å². The number of Topliss-reactive ketones (excluding diaryl/α,β-unsaturated/α-hetero) is 1. The molecule has 1 saturated carbocycles. The molecule has 6 heteroatoms. The van der Waals surface area contributed by atoms with Gasteiger partial charge in [0.1, 0.15) is 11.5 Å². The molecule has 1 aliphatic rings. The van der Waals surface area contributed by atoms with Crippen molar-refractivity contribution in [2.24, 2.45) is 5.92 Å². The van der Waals surface area contributed by atoms with Crippen molar-refractivity contribution in [1.82, 2.24) is 0 Å². The number of ketones is 1. The highest BCUT2D eigenvalue weighted by molar-refractivity contribution is 7.13. The van der Waals surface area contributed by atoms with Crippen LogP contribution in [0.5, 0.6) is 5.75 Å². The maximum Gasteiger partial charge on any atom is 0.160 e. The minimum atomic E-state index is -0.0567. The van der Waals surface area contributed by atoms with Crippen molar-refractivity contribution < 1.29 is 19.4 Å². The van der Waals surface area contributed by atoms with E-state index in [0.29, 0.717) is 41.9 Å². The lowest BCUT2D eigenvalue weighted by Gasteiger charge is -2.11. The Morgan fingerprint density at radius 1 is 1.33 bits per heavy atom. The quantitative estimate of drug-likeness (QED) is 0.648. The third kappa shape index (κ3) is 7.45. The average molecular weight is 409 g/mol. The first-order valence-electron chi connectivity index (χ1n) is 9.12. The van der Waals surface area contributed by atoms with Crippen molar-refractivity contribution in [2.75, 3.05) is 6.61 Å². The second-order valence-corrected chi connectivity index (χ2v) is 8.22. The summed E-state index contributed by atoms with van der Waals surface area (Å²) < 4.78 is 5.61. The zero-order valence-electron chi connectivity index (χ0n) is 15.4. The van der Waals surface area contributed by atoms with Crippen LogP contribution in [-0.4, -0.2) is 23.8 Å². The summed E-state index contributed by atoms with van der Waals surface area (Å²) in [5, 5.41) is 9.59. The van der Waals surface area contributed by atoms with E-state index >= 15 is 0 Å². The zero-order chi connectivity index (χ0) is 19.6. The fourth-order valence-corrected chi connectivity index (χ4v) is 4.06. The Morgan fingerprint density at radius 3 is 2.74 bits per heavy atom. The maximum absolute atomic E-state index is 11.1. The highest BCUT2D eigenvalue weighted by Crippen LogP contribution is 2.25. The largest absolute Gasteiger partial charge is 0.493 e. The molecule has 1 unspecified atom stereocenters. The van der Waals surface area contributed by atoms with Gasteiger partial charge < -0.3 is 9.84 Å². The van der Waals surface area contributed by atoms with Gasteiger partial charge in [-0.2, -0.15) is 0 Å². The summed E-state index contributed by atoms with van der Waals surface area (Å²) in [6.45, 7) is 2.62. The van der Waals surface area contributed by atoms with Crippen LogP contribution in [0.4, 0.5) is 0 Å². The van der Waals surface area contributed by atoms with Crippen LogP contribution in [0.15, 0.2) is 30.3 Å². The molecule has 146 valence electrons. The number of ether oxygens (including phenoxy) is 1. The first-order valence-corrected chi connectivity index (χ1v) is 10.3. The summed E-state index contributed by atoms with van der Waals surface area (Å²) in [5.74, 6) is 1.29. The summed E-state index contributed by atoms with van der Waals surface area (Å²) in [4.78, 5) is 23.5. The summed E-state index contributed by atoms with van der Waals surface area (Å²) in [6.07, 6.45) is 5.35. The molecule has 1 aromatic carbocycles. The minimum absolute atomic E-state index is 0.0567. The Morgan fingerprint density at radius 2 is 2.15 bits per heavy atom. The number of aldehydes is 1. The highest BCUT2D eigenvalue weighted by atomic mass is 35.5. The van der Waals surface area contributed by atoms with Crippen LogP contribution in [0.2, 0.25) is 5.02 Å². The lowest BCUT2D eigenvalue weighted by Crippen LogP contribution is -2.09. The molecule has 0 amide bonds. The third-order valence-electron chi connectivity index (χ3n) is 4.24. The number of aliphatic hydroxyl groups excluding tert-OH is 1. The van der Waals surface area contributed by atoms with E-state index in [1.165, 1.54) is 4.88 Å². The predicted molar refractivity (Wildman–Crippen MR) is 109 cm³/mol. The molecule has 4 nitrogen and oxygen atoms in total. The average Bonchev–Trinajstić information content (AvgIpc) is 3.29. The molecular weight excluding hydrogens is 384 g/mol. The van der Waals surface area contributed by atoms with E-state index in [0.717, 1.165) is 36.0 Å². The molecule has 0 radical (unpaired) electrons. The number of carbonyl (C=O) groups excluding carboxylic acids is 2. The van der Waals surface area contributed by atoms with Gasteiger partial charge >= 0.3 is 0 Å². The Hall–Kier alpha value is -1.69. The number of aliphatic hydroxyl groups is 1. The summed E-state index contributed by atoms with van der Waals surface area (Å²) >= 11 is 7.49. The Kier molecular flexibility index (Phi) is 8.98. The molecule has 0 saturated heterocycles. The smallest absolute Gasteiger partial charge is 0.160 e. The number of benzene rings is 1. The first kappa shape index (κ1) is 21.6. The molecule has 1 fully saturated rings. The van der Waals surface area contributed by atoms with Crippen molar-refractivity contribution in [3.63, 3.8) is 0 Å². The van der Waals surface area contributed by atoms with Gasteiger partial charge in [0.15, 0.2) is 6.29 Å². The molecule has 1 atom stereocenters. The third-order valence-corrected chi connectivity index (χ3v) is 5.53. The van der Waals surface area contributed by atoms with E-state index in [1.807, 2.05) is 12.1 Å². The van der Waals surface area contributed by atoms with Gasteiger partial charge in [0.2, 0.25) is 0 Å². The van der Waals surface area contributed by atoms with Crippen LogP contribution >= 0.6 is 22.9 Å². The topological polar surface area (TPSA) is 63.6 Å². The number of aryl methyl sites for hydroxylation is 1. The van der Waals surface area contributed by atoms with E-state index in [1.54, 1.807) is 29.5 Å². The van der Waals surface area contributed by atoms with Gasteiger partial charge in [-0.3, -0.25) is 9.59 Å². The standard InChI is InChI=1S/C13H15ClO3.C8H10OS/c14-11-3-10(7-15)5-13(6-11)17-8-9-1-2-12(16)4-9;1-2-3-7-4-5-8(6-9)10-7/h3,5-6,9,15H,1-2,4,7-8H2;4-6H,2-3H2,1H3. The van der Waals surface area contributed by atoms with Crippen molar-refractivity contribution in [1.29, 1.82) is 0 Å². The van der Waals surface area contributed by atoms with Crippen LogP contribution in [0.1, 0.15) is 52.7 Å². The lowest BCUT2D eigenvalue weighted by atomic mass is 10.1. The predicted octanol–water partition coefficient (Wildman–Crippen LogP) is 5.09. The molecular formula is C21H25ClO4S. The normalized spacial score (nSPS) is 16.0. The summed E-state index contributed by atoms with van der Waals surface area (Å²) in [7, 11) is 0. The molecule has 3 rings (SSSR count). The van der Waals surface area contributed by atoms with Crippen LogP contribution in [0, 0.1) is 5.92 Å². The van der Waals surface area contributed by atoms with E-state index in [2.05, 4.69) is 6.92 Å². The number of carbonyl (C=O) groups is 2. The maximum atomic E-state index is 11.1. The minimum Gasteiger partial charge on any atom is -0.493 e. The molecule has 1 N–H and O–H groups in total. The Bertz CT molecular complexity index is 756. The fraction of sp³-hybridized carbons (Fsp3) is 0.429. The van der Waals surface area contributed by atoms with Gasteiger partial charge in [0.25, 0.3) is 0 Å². The van der Waals surface area contributed by atoms with Crippen molar-refractivity contribution >= 4 is 35.0 Å². The molecule has 0 aliphatic heterocycles. The van der Waals surface area contributed by atoms with Gasteiger partial charge in [0.05, 0.1) is 18.1 Å². The van der Waals surface area contributed by atoms with Gasteiger partial charge in [0, 0.05) is 28.7 Å². The zero-order valence-corrected chi connectivity index (χ0v) is 17.0. The van der Waals surface area contributed by atoms with Crippen LogP contribution in [-0.2, 0) is 17.8 Å². The number of thiophene rings is 1. The second-order valence-electron chi connectivity index (χ2n) is 6.58. The van der Waals surface area contributed by atoms with Crippen molar-refractivity contribution in [2.45, 2.75) is 45.6 Å². The lowest BCUT2D eigenvalue weighted by molar-refractivity contribution is -0.117. The molecule has 0 spiro atoms. The van der Waals surface area contributed by atoms with Crippen molar-refractivity contribution in [3.8, 4) is 5.75 Å². The Balaban J connectivity index is 0.000000223. The van der Waals surface area contributed by atoms with Gasteiger partial charge in [-0.25, -0.2) is 0 Å². The molecule has 2 aromatic rings. The first-order chi connectivity index (χ1) is 13.0. The summed E-state index contributed by atoms with van der Waals surface area (Å²) in [6, 6.07) is 9.09.